The summed E-state index contributed by atoms with van der Waals surface area (Å²) in [6.45, 7) is 2.33. The number of benzene rings is 6. The molecule has 0 spiro atoms. The molecule has 0 radical (unpaired) electrons. The van der Waals surface area contributed by atoms with Gasteiger partial charge in [0.2, 0.25) is 18.0 Å². The predicted molar refractivity (Wildman–Crippen MR) is 199 cm³/mol. The molecule has 0 aliphatic heterocycles. The van der Waals surface area contributed by atoms with E-state index >= 15 is 35.1 Å². The molecule has 23 heteroatoms. The van der Waals surface area contributed by atoms with Crippen LogP contribution in [0.15, 0.2) is 72.9 Å². The van der Waals surface area contributed by atoms with E-state index in [0.29, 0.717) is 6.54 Å². The summed E-state index contributed by atoms with van der Waals surface area (Å²) in [5, 5.41) is 2.34. The molecule has 0 atom stereocenters. The predicted octanol–water partition coefficient (Wildman–Crippen LogP) is 9.89. The first-order chi connectivity index (χ1) is 31.5. The first-order valence-corrected chi connectivity index (χ1v) is 18.3. The highest BCUT2D eigenvalue weighted by Gasteiger charge is 2.52. The van der Waals surface area contributed by atoms with Gasteiger partial charge < -0.3 is 0 Å². The molecular formula is C44H18BF20NO. The fraction of sp³-hybridized carbons (Fsp3) is 0.0455. The second-order valence-electron chi connectivity index (χ2n) is 14.0. The number of allylic oxidation sites excluding steroid dienone is 1. The molecule has 0 amide bonds. The van der Waals surface area contributed by atoms with Crippen molar-refractivity contribution in [2.45, 2.75) is 13.5 Å². The summed E-state index contributed by atoms with van der Waals surface area (Å²) in [6, 6.07) is 19.7. The SMILES string of the molecule is CC=Cc1c2ccccc2cc[n+]1CC(=O)c1ccccc1.Fc1c(F)c(F)c([B-](c2c(F)c(F)c(F)c(F)c2F)(c2c(F)c(F)c(F)c(F)c2F)c2c(F)c(F)c(F)c(F)c2F)c(F)c1F. The van der Waals surface area contributed by atoms with Gasteiger partial charge in [-0.3, -0.25) is 4.79 Å². The smallest absolute Gasteiger partial charge is 0.227 e. The number of halogens is 20. The number of fused-ring (bicyclic) bond motifs is 1. The van der Waals surface area contributed by atoms with Gasteiger partial charge in [0.25, 0.3) is 0 Å². The number of nitrogens with zero attached hydrogens (tertiary/aromatic N) is 1. The molecule has 0 aliphatic rings. The van der Waals surface area contributed by atoms with Crippen molar-refractivity contribution in [1.82, 2.24) is 0 Å². The molecule has 7 aromatic rings. The van der Waals surface area contributed by atoms with Crippen molar-refractivity contribution in [2.24, 2.45) is 0 Å². The molecule has 0 saturated heterocycles. The quantitative estimate of drug-likeness (QED) is 0.0372. The third kappa shape index (κ3) is 7.82. The maximum Gasteiger partial charge on any atom is 0.227 e. The minimum Gasteiger partial charge on any atom is -0.287 e. The van der Waals surface area contributed by atoms with Crippen molar-refractivity contribution >= 4 is 50.6 Å². The van der Waals surface area contributed by atoms with Gasteiger partial charge in [-0.25, -0.2) is 87.8 Å². The molecule has 1 aromatic heterocycles. The van der Waals surface area contributed by atoms with E-state index < -0.39 is 144 Å². The summed E-state index contributed by atoms with van der Waals surface area (Å²) in [6.07, 6.45) is -1.17. The second kappa shape index (κ2) is 18.6. The highest BCUT2D eigenvalue weighted by atomic mass is 19.2. The largest absolute Gasteiger partial charge is 0.287 e. The number of pyridine rings is 1. The number of hydrogen-bond donors (Lipinski definition) is 0. The number of ketones is 1. The summed E-state index contributed by atoms with van der Waals surface area (Å²) in [4.78, 5) is 12.5. The van der Waals surface area contributed by atoms with Gasteiger partial charge in [0.15, 0.2) is 76.0 Å². The Morgan fingerprint density at radius 2 is 0.716 bits per heavy atom. The molecule has 2 nitrogen and oxygen atoms in total. The Morgan fingerprint density at radius 1 is 0.418 bits per heavy atom. The Morgan fingerprint density at radius 3 is 1.04 bits per heavy atom. The van der Waals surface area contributed by atoms with Crippen LogP contribution in [0.3, 0.4) is 0 Å². The van der Waals surface area contributed by atoms with Crippen molar-refractivity contribution in [3.8, 4) is 0 Å². The lowest BCUT2D eigenvalue weighted by molar-refractivity contribution is -0.683. The molecule has 348 valence electrons. The van der Waals surface area contributed by atoms with E-state index in [1.807, 2.05) is 66.2 Å². The van der Waals surface area contributed by atoms with Crippen molar-refractivity contribution in [1.29, 1.82) is 0 Å². The fourth-order valence-corrected chi connectivity index (χ4v) is 7.51. The zero-order chi connectivity index (χ0) is 49.7. The zero-order valence-electron chi connectivity index (χ0n) is 32.7. The molecule has 0 N–H and O–H groups in total. The van der Waals surface area contributed by atoms with E-state index in [-0.39, 0.29) is 5.78 Å². The van der Waals surface area contributed by atoms with Crippen LogP contribution in [-0.2, 0) is 6.54 Å². The van der Waals surface area contributed by atoms with E-state index in [2.05, 4.69) is 24.3 Å². The molecule has 0 unspecified atom stereocenters. The van der Waals surface area contributed by atoms with Gasteiger partial charge in [-0.05, 0) is 18.4 Å². The van der Waals surface area contributed by atoms with Crippen LogP contribution in [0.5, 0.6) is 0 Å². The van der Waals surface area contributed by atoms with E-state index in [1.54, 1.807) is 0 Å². The van der Waals surface area contributed by atoms with Gasteiger partial charge in [0, 0.05) is 17.7 Å². The van der Waals surface area contributed by atoms with Gasteiger partial charge >= 0.3 is 0 Å². The van der Waals surface area contributed by atoms with Crippen LogP contribution < -0.4 is 26.4 Å². The first-order valence-electron chi connectivity index (χ1n) is 18.3. The number of aromatic nitrogens is 1. The second-order valence-corrected chi connectivity index (χ2v) is 14.0. The maximum atomic E-state index is 15.4. The zero-order valence-corrected chi connectivity index (χ0v) is 32.7. The fourth-order valence-electron chi connectivity index (χ4n) is 7.51. The topological polar surface area (TPSA) is 20.9 Å². The summed E-state index contributed by atoms with van der Waals surface area (Å²) < 4.78 is 296. The molecule has 0 fully saturated rings. The van der Waals surface area contributed by atoms with Gasteiger partial charge in [-0.15, -0.1) is 21.9 Å². The minimum absolute atomic E-state index is 0.117. The standard InChI is InChI=1S/C24BF20.C20H18NO/c26-5-1(6(27)14(35)21(42)13(5)34)25(2-7(28)15(36)22(43)16(37)8(2)29,3-9(30)17(38)23(44)18(39)10(3)31)4-11(32)19(40)24(45)20(41)12(4)33;1-2-8-19-18-12-7-6-9-16(18)13-14-21(19)15-20(22)17-10-4-3-5-11-17/h;2-14H,15H2,1H3/q-1;+1. The molecular weight excluding hydrogens is 949 g/mol. The van der Waals surface area contributed by atoms with Gasteiger partial charge in [-0.1, -0.05) is 54.6 Å². The molecule has 0 aliphatic carbocycles. The average molecular weight is 967 g/mol. The van der Waals surface area contributed by atoms with Crippen LogP contribution in [-0.4, -0.2) is 11.9 Å². The highest BCUT2D eigenvalue weighted by Crippen LogP contribution is 2.31. The van der Waals surface area contributed by atoms with Crippen LogP contribution in [0.2, 0.25) is 0 Å². The van der Waals surface area contributed by atoms with Crippen molar-refractivity contribution in [3.63, 3.8) is 0 Å². The van der Waals surface area contributed by atoms with Gasteiger partial charge in [-0.2, -0.15) is 4.57 Å². The number of carbonyl (C=O) groups excluding carboxylic acids is 1. The highest BCUT2D eigenvalue weighted by molar-refractivity contribution is 7.20. The van der Waals surface area contributed by atoms with E-state index in [0.717, 1.165) is 16.6 Å². The van der Waals surface area contributed by atoms with Gasteiger partial charge in [0.1, 0.15) is 52.7 Å². The van der Waals surface area contributed by atoms with Crippen LogP contribution >= 0.6 is 0 Å². The molecule has 67 heavy (non-hydrogen) atoms. The van der Waals surface area contributed by atoms with Crippen LogP contribution in [0.1, 0.15) is 23.0 Å². The van der Waals surface area contributed by atoms with Crippen molar-refractivity contribution in [3.05, 3.63) is 201 Å². The Labute approximate surface area is 361 Å². The lowest BCUT2D eigenvalue weighted by Crippen LogP contribution is -2.81. The minimum atomic E-state index is -7.22. The van der Waals surface area contributed by atoms with Crippen LogP contribution in [0, 0.1) is 116 Å². The van der Waals surface area contributed by atoms with E-state index in [4.69, 9.17) is 0 Å². The summed E-state index contributed by atoms with van der Waals surface area (Å²) in [5.41, 5.74) is -12.5. The van der Waals surface area contributed by atoms with Crippen LogP contribution in [0.4, 0.5) is 87.8 Å². The third-order valence-electron chi connectivity index (χ3n) is 10.4. The molecule has 1 heterocycles. The first kappa shape index (κ1) is 49.2. The lowest BCUT2D eigenvalue weighted by atomic mass is 9.12. The van der Waals surface area contributed by atoms with Crippen molar-refractivity contribution in [2.75, 3.05) is 0 Å². The van der Waals surface area contributed by atoms with Gasteiger partial charge in [0.05, 0.1) is 5.39 Å². The Kier molecular flexibility index (Phi) is 13.7. The third-order valence-corrected chi connectivity index (χ3v) is 10.4. The summed E-state index contributed by atoms with van der Waals surface area (Å²) in [5.74, 6) is -71.3. The van der Waals surface area contributed by atoms with Crippen LogP contribution in [0.25, 0.3) is 16.8 Å². The van der Waals surface area contributed by atoms with E-state index in [9.17, 15) is 57.5 Å². The monoisotopic (exact) mass is 967 g/mol. The number of rotatable bonds is 8. The van der Waals surface area contributed by atoms with E-state index in [1.165, 1.54) is 5.39 Å². The molecule has 6 aromatic carbocycles. The molecule has 7 rings (SSSR count). The lowest BCUT2D eigenvalue weighted by Gasteiger charge is -2.44. The average Bonchev–Trinajstić information content (AvgIpc) is 3.32. The summed E-state index contributed by atoms with van der Waals surface area (Å²) >= 11 is 0. The maximum absolute atomic E-state index is 15.4. The molecule has 0 saturated carbocycles. The Bertz CT molecular complexity index is 2820. The normalized spacial score (nSPS) is 11.7. The Hall–Kier alpha value is -7.20. The van der Waals surface area contributed by atoms with Crippen molar-refractivity contribution < 1.29 is 97.2 Å². The Balaban J connectivity index is 0.000000279. The summed E-state index contributed by atoms with van der Waals surface area (Å²) in [7, 11) is 0. The number of carbonyl (C=O) groups is 1. The number of Topliss-reactive ketones (excluding diaryl/α,β-unsaturated/α-hetero) is 1. The molecule has 0 bridgehead atoms. The number of hydrogen-bond acceptors (Lipinski definition) is 1.